The van der Waals surface area contributed by atoms with E-state index in [0.29, 0.717) is 23.8 Å². The van der Waals surface area contributed by atoms with Crippen molar-refractivity contribution in [3.05, 3.63) is 29.8 Å². The Morgan fingerprint density at radius 2 is 2.19 bits per heavy atom. The molecular weight excluding hydrogens is 303 g/mol. The summed E-state index contributed by atoms with van der Waals surface area (Å²) in [5.74, 6) is 0.708. The van der Waals surface area contributed by atoms with Crippen LogP contribution in [0.4, 0.5) is 13.2 Å². The van der Waals surface area contributed by atoms with Crippen molar-refractivity contribution in [1.29, 1.82) is 0 Å². The average molecular weight is 321 g/mol. The fraction of sp³-hybridized carbons (Fsp3) is 0.571. The van der Waals surface area contributed by atoms with Gasteiger partial charge in [-0.25, -0.2) is 0 Å². The minimum absolute atomic E-state index is 0.00271. The predicted octanol–water partition coefficient (Wildman–Crippen LogP) is 2.49. The molecule has 21 heavy (non-hydrogen) atoms. The number of alkyl halides is 3. The number of nitrogens with zero attached hydrogens (tertiary/aromatic N) is 1. The third-order valence-corrected chi connectivity index (χ3v) is 4.24. The van der Waals surface area contributed by atoms with Crippen molar-refractivity contribution in [3.8, 4) is 0 Å². The van der Waals surface area contributed by atoms with Crippen LogP contribution in [0.5, 0.6) is 0 Å². The zero-order valence-electron chi connectivity index (χ0n) is 11.5. The second kappa shape index (κ2) is 7.49. The van der Waals surface area contributed by atoms with Gasteiger partial charge in [-0.2, -0.15) is 13.2 Å². The Labute approximate surface area is 126 Å². The summed E-state index contributed by atoms with van der Waals surface area (Å²) in [7, 11) is 0. The number of hydrogen-bond acceptors (Lipinski definition) is 4. The van der Waals surface area contributed by atoms with Crippen LogP contribution >= 0.6 is 11.8 Å². The molecule has 1 aliphatic rings. The molecule has 1 aromatic rings. The van der Waals surface area contributed by atoms with Crippen molar-refractivity contribution in [3.63, 3.8) is 0 Å². The summed E-state index contributed by atoms with van der Waals surface area (Å²) in [4.78, 5) is 2.78. The molecule has 0 bridgehead atoms. The summed E-state index contributed by atoms with van der Waals surface area (Å²) in [5.41, 5.74) is -0.612. The number of ether oxygens (including phenoxy) is 1. The van der Waals surface area contributed by atoms with Crippen LogP contribution in [-0.2, 0) is 10.9 Å². The average Bonchev–Trinajstić information content (AvgIpc) is 2.47. The number of morpholine rings is 1. The quantitative estimate of drug-likeness (QED) is 0.845. The molecule has 1 unspecified atom stereocenters. The smallest absolute Gasteiger partial charge is 0.394 e. The number of aliphatic hydroxyl groups excluding tert-OH is 1. The SMILES string of the molecule is OCC1CN(CCSc2cccc(C(F)(F)F)c2)CCO1. The van der Waals surface area contributed by atoms with E-state index in [1.165, 1.54) is 23.9 Å². The molecule has 0 aliphatic carbocycles. The van der Waals surface area contributed by atoms with Crippen LogP contribution in [0.2, 0.25) is 0 Å². The van der Waals surface area contributed by atoms with Gasteiger partial charge in [0.25, 0.3) is 0 Å². The van der Waals surface area contributed by atoms with E-state index in [1.807, 2.05) is 0 Å². The molecule has 0 saturated carbocycles. The Kier molecular flexibility index (Phi) is 5.92. The van der Waals surface area contributed by atoms with E-state index < -0.39 is 11.7 Å². The Hall–Kier alpha value is -0.760. The summed E-state index contributed by atoms with van der Waals surface area (Å²) >= 11 is 1.41. The summed E-state index contributed by atoms with van der Waals surface area (Å²) in [5, 5.41) is 9.06. The lowest BCUT2D eigenvalue weighted by Gasteiger charge is -2.31. The van der Waals surface area contributed by atoms with Crippen LogP contribution in [0.3, 0.4) is 0 Å². The third-order valence-electron chi connectivity index (χ3n) is 3.26. The van der Waals surface area contributed by atoms with E-state index in [0.717, 1.165) is 19.2 Å². The number of thioether (sulfide) groups is 1. The van der Waals surface area contributed by atoms with Crippen LogP contribution < -0.4 is 0 Å². The molecule has 7 heteroatoms. The molecule has 1 fully saturated rings. The second-order valence-electron chi connectivity index (χ2n) is 4.85. The Morgan fingerprint density at radius 3 is 2.90 bits per heavy atom. The minimum Gasteiger partial charge on any atom is -0.394 e. The molecular formula is C14H18F3NO2S. The summed E-state index contributed by atoms with van der Waals surface area (Å²) in [6, 6.07) is 5.38. The van der Waals surface area contributed by atoms with Crippen molar-refractivity contribution in [2.75, 3.05) is 38.6 Å². The monoisotopic (exact) mass is 321 g/mol. The first-order valence-electron chi connectivity index (χ1n) is 6.74. The first-order chi connectivity index (χ1) is 9.99. The molecule has 1 aliphatic heterocycles. The second-order valence-corrected chi connectivity index (χ2v) is 6.02. The fourth-order valence-corrected chi connectivity index (χ4v) is 3.12. The third kappa shape index (κ3) is 5.18. The first kappa shape index (κ1) is 16.6. The maximum atomic E-state index is 12.6. The van der Waals surface area contributed by atoms with Crippen molar-refractivity contribution >= 4 is 11.8 Å². The van der Waals surface area contributed by atoms with Crippen molar-refractivity contribution in [2.24, 2.45) is 0 Å². The number of hydrogen-bond donors (Lipinski definition) is 1. The maximum absolute atomic E-state index is 12.6. The Morgan fingerprint density at radius 1 is 1.38 bits per heavy atom. The lowest BCUT2D eigenvalue weighted by molar-refractivity contribution is -0.137. The number of aliphatic hydroxyl groups is 1. The molecule has 0 spiro atoms. The van der Waals surface area contributed by atoms with E-state index in [4.69, 9.17) is 9.84 Å². The summed E-state index contributed by atoms with van der Waals surface area (Å²) in [6.45, 7) is 2.80. The highest BCUT2D eigenvalue weighted by atomic mass is 32.2. The lowest BCUT2D eigenvalue weighted by Crippen LogP contribution is -2.44. The molecule has 0 radical (unpaired) electrons. The number of halogens is 3. The summed E-state index contributed by atoms with van der Waals surface area (Å²) < 4.78 is 43.2. The van der Waals surface area contributed by atoms with Crippen molar-refractivity contribution in [1.82, 2.24) is 4.90 Å². The Bertz CT molecular complexity index is 456. The van der Waals surface area contributed by atoms with Gasteiger partial charge in [0, 0.05) is 30.3 Å². The van der Waals surface area contributed by atoms with Crippen LogP contribution in [0.25, 0.3) is 0 Å². The molecule has 3 nitrogen and oxygen atoms in total. The van der Waals surface area contributed by atoms with E-state index in [9.17, 15) is 13.2 Å². The highest BCUT2D eigenvalue weighted by Gasteiger charge is 2.30. The largest absolute Gasteiger partial charge is 0.416 e. The Balaban J connectivity index is 1.81. The van der Waals surface area contributed by atoms with Crippen LogP contribution in [0.1, 0.15) is 5.56 Å². The molecule has 2 rings (SSSR count). The molecule has 1 N–H and O–H groups in total. The number of benzene rings is 1. The van der Waals surface area contributed by atoms with E-state index in [1.54, 1.807) is 6.07 Å². The molecule has 0 amide bonds. The number of rotatable bonds is 5. The molecule has 1 atom stereocenters. The van der Waals surface area contributed by atoms with Crippen molar-refractivity contribution in [2.45, 2.75) is 17.2 Å². The van der Waals surface area contributed by atoms with Crippen LogP contribution in [-0.4, -0.2) is 54.7 Å². The normalized spacial score (nSPS) is 20.7. The highest BCUT2D eigenvalue weighted by Crippen LogP contribution is 2.31. The van der Waals surface area contributed by atoms with Gasteiger partial charge in [-0.05, 0) is 18.2 Å². The molecule has 0 aromatic heterocycles. The molecule has 1 heterocycles. The van der Waals surface area contributed by atoms with Gasteiger partial charge in [0.05, 0.1) is 24.9 Å². The maximum Gasteiger partial charge on any atom is 0.416 e. The van der Waals surface area contributed by atoms with E-state index in [2.05, 4.69) is 4.90 Å². The molecule has 1 saturated heterocycles. The van der Waals surface area contributed by atoms with Gasteiger partial charge < -0.3 is 9.84 Å². The van der Waals surface area contributed by atoms with Gasteiger partial charge in [0.15, 0.2) is 0 Å². The van der Waals surface area contributed by atoms with Crippen molar-refractivity contribution < 1.29 is 23.0 Å². The summed E-state index contributed by atoms with van der Waals surface area (Å²) in [6.07, 6.45) is -4.45. The lowest BCUT2D eigenvalue weighted by atomic mass is 10.2. The predicted molar refractivity (Wildman–Crippen MR) is 75.4 cm³/mol. The van der Waals surface area contributed by atoms with E-state index >= 15 is 0 Å². The van der Waals surface area contributed by atoms with Crippen LogP contribution in [0, 0.1) is 0 Å². The van der Waals surface area contributed by atoms with Gasteiger partial charge in [0.1, 0.15) is 0 Å². The topological polar surface area (TPSA) is 32.7 Å². The standard InChI is InChI=1S/C14H18F3NO2S/c15-14(16,17)11-2-1-3-13(8-11)21-7-5-18-4-6-20-12(9-18)10-19/h1-3,8,12,19H,4-7,9-10H2. The molecule has 118 valence electrons. The molecule has 1 aromatic carbocycles. The minimum atomic E-state index is -4.30. The van der Waals surface area contributed by atoms with Gasteiger partial charge in [-0.3, -0.25) is 4.90 Å². The van der Waals surface area contributed by atoms with Gasteiger partial charge in [0.2, 0.25) is 0 Å². The van der Waals surface area contributed by atoms with Crippen LogP contribution in [0.15, 0.2) is 29.2 Å². The van der Waals surface area contributed by atoms with E-state index in [-0.39, 0.29) is 12.7 Å². The fourth-order valence-electron chi connectivity index (χ4n) is 2.15. The van der Waals surface area contributed by atoms with Gasteiger partial charge in [-0.15, -0.1) is 11.8 Å². The first-order valence-corrected chi connectivity index (χ1v) is 7.72. The van der Waals surface area contributed by atoms with Gasteiger partial charge in [-0.1, -0.05) is 6.07 Å². The highest BCUT2D eigenvalue weighted by molar-refractivity contribution is 7.99. The zero-order valence-corrected chi connectivity index (χ0v) is 12.3. The zero-order chi connectivity index (χ0) is 15.3. The van der Waals surface area contributed by atoms with Gasteiger partial charge >= 0.3 is 6.18 Å².